The highest BCUT2D eigenvalue weighted by Gasteiger charge is 2.08. The van der Waals surface area contributed by atoms with Gasteiger partial charge in [0.2, 0.25) is 5.91 Å². The Balaban J connectivity index is 1.61. The SMILES string of the molecule is O=C(CNC(=O)OCc1ccccc1)NNC(=O)Cc1ccc(F)cc1. The van der Waals surface area contributed by atoms with Gasteiger partial charge in [0.05, 0.1) is 6.42 Å². The number of nitrogens with one attached hydrogen (secondary N) is 3. The van der Waals surface area contributed by atoms with E-state index in [1.165, 1.54) is 24.3 Å². The highest BCUT2D eigenvalue weighted by Crippen LogP contribution is 2.03. The van der Waals surface area contributed by atoms with Crippen molar-refractivity contribution >= 4 is 17.9 Å². The lowest BCUT2D eigenvalue weighted by Crippen LogP contribution is -2.46. The van der Waals surface area contributed by atoms with Crippen LogP contribution >= 0.6 is 0 Å². The van der Waals surface area contributed by atoms with Crippen molar-refractivity contribution in [1.82, 2.24) is 16.2 Å². The summed E-state index contributed by atoms with van der Waals surface area (Å²) in [7, 11) is 0. The van der Waals surface area contributed by atoms with Crippen molar-refractivity contribution in [1.29, 1.82) is 0 Å². The lowest BCUT2D eigenvalue weighted by Gasteiger charge is -2.09. The first-order chi connectivity index (χ1) is 12.5. The van der Waals surface area contributed by atoms with Gasteiger partial charge in [0.25, 0.3) is 5.91 Å². The van der Waals surface area contributed by atoms with Crippen molar-refractivity contribution in [3.05, 3.63) is 71.5 Å². The molecule has 0 aliphatic heterocycles. The second-order valence-electron chi connectivity index (χ2n) is 5.31. The smallest absolute Gasteiger partial charge is 0.407 e. The molecule has 0 aliphatic carbocycles. The molecular weight excluding hydrogens is 341 g/mol. The highest BCUT2D eigenvalue weighted by atomic mass is 19.1. The lowest BCUT2D eigenvalue weighted by atomic mass is 10.1. The van der Waals surface area contributed by atoms with Gasteiger partial charge in [0.15, 0.2) is 0 Å². The standard InChI is InChI=1S/C18H18FN3O4/c19-15-8-6-13(7-9-15)10-16(23)21-22-17(24)11-20-18(25)26-12-14-4-2-1-3-5-14/h1-9H,10-12H2,(H,20,25)(H,21,23)(H,22,24). The van der Waals surface area contributed by atoms with E-state index >= 15 is 0 Å². The molecule has 0 aromatic heterocycles. The van der Waals surface area contributed by atoms with Crippen LogP contribution in [0.3, 0.4) is 0 Å². The molecule has 8 heteroatoms. The van der Waals surface area contributed by atoms with E-state index in [4.69, 9.17) is 4.74 Å². The molecule has 0 spiro atoms. The molecule has 26 heavy (non-hydrogen) atoms. The molecule has 0 fully saturated rings. The van der Waals surface area contributed by atoms with E-state index in [9.17, 15) is 18.8 Å². The Kier molecular flexibility index (Phi) is 7.11. The average Bonchev–Trinajstić information content (AvgIpc) is 2.65. The van der Waals surface area contributed by atoms with E-state index in [1.807, 2.05) is 18.2 Å². The molecule has 7 nitrogen and oxygen atoms in total. The van der Waals surface area contributed by atoms with Gasteiger partial charge in [-0.15, -0.1) is 0 Å². The number of alkyl carbamates (subject to hydrolysis) is 1. The quantitative estimate of drug-likeness (QED) is 0.680. The summed E-state index contributed by atoms with van der Waals surface area (Å²) in [5, 5.41) is 2.27. The maximum atomic E-state index is 12.8. The summed E-state index contributed by atoms with van der Waals surface area (Å²) in [5.74, 6) is -1.49. The molecule has 2 aromatic carbocycles. The summed E-state index contributed by atoms with van der Waals surface area (Å²) in [4.78, 5) is 34.7. The highest BCUT2D eigenvalue weighted by molar-refractivity contribution is 5.85. The number of hydrogen-bond donors (Lipinski definition) is 3. The van der Waals surface area contributed by atoms with Crippen LogP contribution in [-0.4, -0.2) is 24.5 Å². The van der Waals surface area contributed by atoms with Crippen LogP contribution in [0.2, 0.25) is 0 Å². The number of hydrazine groups is 1. The van der Waals surface area contributed by atoms with Crippen molar-refractivity contribution in [2.45, 2.75) is 13.0 Å². The predicted octanol–water partition coefficient (Wildman–Crippen LogP) is 1.44. The number of benzene rings is 2. The first kappa shape index (κ1) is 18.9. The Morgan fingerprint density at radius 1 is 0.846 bits per heavy atom. The predicted molar refractivity (Wildman–Crippen MR) is 91.0 cm³/mol. The first-order valence-corrected chi connectivity index (χ1v) is 7.79. The van der Waals surface area contributed by atoms with Gasteiger partial charge >= 0.3 is 6.09 Å². The Hall–Kier alpha value is -3.42. The molecule has 0 radical (unpaired) electrons. The van der Waals surface area contributed by atoms with Gasteiger partial charge < -0.3 is 10.1 Å². The number of rotatable bonds is 6. The van der Waals surface area contributed by atoms with Gasteiger partial charge in [-0.05, 0) is 23.3 Å². The van der Waals surface area contributed by atoms with Crippen molar-refractivity contribution in [3.8, 4) is 0 Å². The molecule has 3 amide bonds. The summed E-state index contributed by atoms with van der Waals surface area (Å²) in [6.07, 6.45) is -0.769. The topological polar surface area (TPSA) is 96.5 Å². The zero-order valence-corrected chi connectivity index (χ0v) is 13.8. The van der Waals surface area contributed by atoms with Crippen LogP contribution in [0.5, 0.6) is 0 Å². The molecule has 2 aromatic rings. The van der Waals surface area contributed by atoms with E-state index in [0.717, 1.165) is 5.56 Å². The Morgan fingerprint density at radius 3 is 2.19 bits per heavy atom. The first-order valence-electron chi connectivity index (χ1n) is 7.79. The Bertz CT molecular complexity index is 751. The van der Waals surface area contributed by atoms with Crippen LogP contribution in [0.15, 0.2) is 54.6 Å². The minimum Gasteiger partial charge on any atom is -0.445 e. The zero-order valence-electron chi connectivity index (χ0n) is 13.8. The summed E-state index contributed by atoms with van der Waals surface area (Å²) >= 11 is 0. The third kappa shape index (κ3) is 7.00. The van der Waals surface area contributed by atoms with Crippen LogP contribution in [0.25, 0.3) is 0 Å². The maximum Gasteiger partial charge on any atom is 0.407 e. The maximum absolute atomic E-state index is 12.8. The van der Waals surface area contributed by atoms with Crippen molar-refractivity contribution in [2.24, 2.45) is 0 Å². The number of amides is 3. The molecule has 0 aliphatic rings. The Morgan fingerprint density at radius 2 is 1.50 bits per heavy atom. The molecule has 136 valence electrons. The number of carbonyl (C=O) groups excluding carboxylic acids is 3. The minimum absolute atomic E-state index is 0.0207. The van der Waals surface area contributed by atoms with Gasteiger partial charge in [-0.1, -0.05) is 42.5 Å². The number of carbonyl (C=O) groups is 3. The summed E-state index contributed by atoms with van der Waals surface area (Å²) < 4.78 is 17.7. The number of hydrogen-bond acceptors (Lipinski definition) is 4. The molecule has 0 saturated carbocycles. The summed E-state index contributed by atoms with van der Waals surface area (Å²) in [6.45, 7) is -0.271. The second kappa shape index (κ2) is 9.77. The second-order valence-corrected chi connectivity index (χ2v) is 5.31. The van der Waals surface area contributed by atoms with E-state index in [2.05, 4.69) is 16.2 Å². The van der Waals surface area contributed by atoms with Crippen LogP contribution in [-0.2, 0) is 27.4 Å². The third-order valence-electron chi connectivity index (χ3n) is 3.23. The van der Waals surface area contributed by atoms with Gasteiger partial charge in [-0.2, -0.15) is 0 Å². The molecular formula is C18H18FN3O4. The van der Waals surface area contributed by atoms with E-state index < -0.39 is 23.7 Å². The molecule has 3 N–H and O–H groups in total. The van der Waals surface area contributed by atoms with Crippen LogP contribution < -0.4 is 16.2 Å². The third-order valence-corrected chi connectivity index (χ3v) is 3.23. The lowest BCUT2D eigenvalue weighted by molar-refractivity contribution is -0.128. The van der Waals surface area contributed by atoms with Crippen molar-refractivity contribution in [3.63, 3.8) is 0 Å². The monoisotopic (exact) mass is 359 g/mol. The van der Waals surface area contributed by atoms with Crippen molar-refractivity contribution in [2.75, 3.05) is 6.54 Å². The van der Waals surface area contributed by atoms with E-state index in [0.29, 0.717) is 5.56 Å². The molecule has 2 rings (SSSR count). The largest absolute Gasteiger partial charge is 0.445 e. The summed E-state index contributed by atoms with van der Waals surface area (Å²) in [5.41, 5.74) is 5.78. The fraction of sp³-hybridized carbons (Fsp3) is 0.167. The number of ether oxygens (including phenoxy) is 1. The van der Waals surface area contributed by atoms with E-state index in [1.54, 1.807) is 12.1 Å². The van der Waals surface area contributed by atoms with Crippen LogP contribution in [0.4, 0.5) is 9.18 Å². The van der Waals surface area contributed by atoms with Gasteiger partial charge in [0, 0.05) is 0 Å². The van der Waals surface area contributed by atoms with Crippen LogP contribution in [0, 0.1) is 5.82 Å². The van der Waals surface area contributed by atoms with Gasteiger partial charge in [-0.3, -0.25) is 20.4 Å². The minimum atomic E-state index is -0.748. The normalized spacial score (nSPS) is 9.88. The molecule has 0 heterocycles. The van der Waals surface area contributed by atoms with Crippen LogP contribution in [0.1, 0.15) is 11.1 Å². The van der Waals surface area contributed by atoms with Gasteiger partial charge in [0.1, 0.15) is 19.0 Å². The van der Waals surface area contributed by atoms with Crippen molar-refractivity contribution < 1.29 is 23.5 Å². The van der Waals surface area contributed by atoms with E-state index in [-0.39, 0.29) is 19.6 Å². The van der Waals surface area contributed by atoms with Gasteiger partial charge in [-0.25, -0.2) is 9.18 Å². The molecule has 0 saturated heterocycles. The average molecular weight is 359 g/mol. The molecule has 0 unspecified atom stereocenters. The fourth-order valence-electron chi connectivity index (χ4n) is 1.94. The molecule has 0 atom stereocenters. The molecule has 0 bridgehead atoms. The fourth-order valence-corrected chi connectivity index (χ4v) is 1.94. The number of halogens is 1. The Labute approximate surface area is 149 Å². The summed E-state index contributed by atoms with van der Waals surface area (Å²) in [6, 6.07) is 14.5. The zero-order chi connectivity index (χ0) is 18.8.